The van der Waals surface area contributed by atoms with Gasteiger partial charge >= 0.3 is 0 Å². The molecule has 0 heterocycles. The molecule has 4 atom stereocenters. The van der Waals surface area contributed by atoms with Crippen molar-refractivity contribution in [1.82, 2.24) is 0 Å². The lowest BCUT2D eigenvalue weighted by Gasteiger charge is -2.20. The molecule has 0 aromatic heterocycles. The van der Waals surface area contributed by atoms with Gasteiger partial charge in [0.15, 0.2) is 6.29 Å². The van der Waals surface area contributed by atoms with Crippen LogP contribution in [0.15, 0.2) is 25.3 Å². The summed E-state index contributed by atoms with van der Waals surface area (Å²) in [7, 11) is 0. The number of ether oxygens (including phenoxy) is 8. The second-order valence-electron chi connectivity index (χ2n) is 8.81. The van der Waals surface area contributed by atoms with Crippen molar-refractivity contribution in [3.63, 3.8) is 0 Å². The van der Waals surface area contributed by atoms with E-state index in [1.165, 1.54) is 0 Å². The van der Waals surface area contributed by atoms with Crippen LogP contribution in [0.3, 0.4) is 0 Å². The van der Waals surface area contributed by atoms with Crippen molar-refractivity contribution in [3.05, 3.63) is 25.3 Å². The molecule has 0 bridgehead atoms. The van der Waals surface area contributed by atoms with Crippen LogP contribution in [-0.2, 0) is 37.9 Å². The third kappa shape index (κ3) is 25.4. The number of aliphatic hydroxyl groups is 2. The van der Waals surface area contributed by atoms with Gasteiger partial charge in [-0.3, -0.25) is 0 Å². The molecular formula is C28H54O10. The van der Waals surface area contributed by atoms with Crippen LogP contribution in [0.4, 0.5) is 0 Å². The highest BCUT2D eigenvalue weighted by Crippen LogP contribution is 2.06. The summed E-state index contributed by atoms with van der Waals surface area (Å²) in [6.45, 7) is 17.4. The Hall–Kier alpha value is -0.920. The zero-order valence-corrected chi connectivity index (χ0v) is 23.8. The summed E-state index contributed by atoms with van der Waals surface area (Å²) in [6, 6.07) is 0. The van der Waals surface area contributed by atoms with Gasteiger partial charge in [0.05, 0.1) is 72.2 Å². The Bertz CT molecular complexity index is 464. The summed E-state index contributed by atoms with van der Waals surface area (Å²) in [5.74, 6) is 0.0813. The summed E-state index contributed by atoms with van der Waals surface area (Å²) in [6.07, 6.45) is 4.42. The first-order chi connectivity index (χ1) is 18.6. The molecule has 0 fully saturated rings. The topological polar surface area (TPSA) is 114 Å². The van der Waals surface area contributed by atoms with E-state index in [4.69, 9.17) is 37.9 Å². The van der Waals surface area contributed by atoms with Gasteiger partial charge in [-0.2, -0.15) is 0 Å². The molecule has 0 aliphatic carbocycles. The molecule has 10 heteroatoms. The molecule has 0 saturated heterocycles. The largest absolute Gasteiger partial charge is 0.391 e. The van der Waals surface area contributed by atoms with E-state index in [0.717, 1.165) is 12.8 Å². The minimum atomic E-state index is -0.674. The van der Waals surface area contributed by atoms with E-state index < -0.39 is 12.2 Å². The van der Waals surface area contributed by atoms with Crippen molar-refractivity contribution in [2.45, 2.75) is 58.0 Å². The van der Waals surface area contributed by atoms with Crippen molar-refractivity contribution in [3.8, 4) is 0 Å². The minimum absolute atomic E-state index is 0.0813. The molecule has 2 N–H and O–H groups in total. The van der Waals surface area contributed by atoms with Crippen LogP contribution in [0.1, 0.15) is 39.5 Å². The highest BCUT2D eigenvalue weighted by molar-refractivity contribution is 4.66. The van der Waals surface area contributed by atoms with E-state index >= 15 is 0 Å². The SMILES string of the molecule is C=CCOCC(O)CCOC(CCOCCCOCC(COCC)COCC(O)COCC=C)OCCC. The Morgan fingerprint density at radius 3 is 1.89 bits per heavy atom. The lowest BCUT2D eigenvalue weighted by atomic mass is 10.2. The first kappa shape index (κ1) is 37.1. The molecule has 10 nitrogen and oxygen atoms in total. The summed E-state index contributed by atoms with van der Waals surface area (Å²) in [4.78, 5) is 0. The van der Waals surface area contributed by atoms with Gasteiger partial charge in [-0.05, 0) is 26.2 Å². The van der Waals surface area contributed by atoms with Crippen molar-refractivity contribution in [1.29, 1.82) is 0 Å². The van der Waals surface area contributed by atoms with Gasteiger partial charge in [-0.25, -0.2) is 0 Å². The molecule has 0 aliphatic rings. The third-order valence-corrected chi connectivity index (χ3v) is 5.00. The van der Waals surface area contributed by atoms with Crippen molar-refractivity contribution >= 4 is 0 Å². The Kier molecular flexibility index (Phi) is 28.4. The maximum absolute atomic E-state index is 9.91. The van der Waals surface area contributed by atoms with Gasteiger partial charge in [-0.1, -0.05) is 19.1 Å². The first-order valence-corrected chi connectivity index (χ1v) is 13.8. The highest BCUT2D eigenvalue weighted by atomic mass is 16.7. The van der Waals surface area contributed by atoms with Gasteiger partial charge in [0.2, 0.25) is 0 Å². The fraction of sp³-hybridized carbons (Fsp3) is 0.857. The van der Waals surface area contributed by atoms with Gasteiger partial charge in [0, 0.05) is 38.8 Å². The zero-order chi connectivity index (χ0) is 28.1. The Morgan fingerprint density at radius 2 is 1.21 bits per heavy atom. The van der Waals surface area contributed by atoms with Crippen LogP contribution >= 0.6 is 0 Å². The molecule has 38 heavy (non-hydrogen) atoms. The molecule has 226 valence electrons. The van der Waals surface area contributed by atoms with E-state index in [1.807, 2.05) is 13.8 Å². The second kappa shape index (κ2) is 29.1. The highest BCUT2D eigenvalue weighted by Gasteiger charge is 2.13. The monoisotopic (exact) mass is 550 g/mol. The normalized spacial score (nSPS) is 14.7. The van der Waals surface area contributed by atoms with Crippen LogP contribution in [0, 0.1) is 5.92 Å². The second-order valence-corrected chi connectivity index (χ2v) is 8.81. The molecule has 0 aromatic rings. The predicted octanol–water partition coefficient (Wildman–Crippen LogP) is 2.76. The van der Waals surface area contributed by atoms with Crippen LogP contribution in [-0.4, -0.2) is 121 Å². The number of hydrogen-bond donors (Lipinski definition) is 2. The predicted molar refractivity (Wildman–Crippen MR) is 146 cm³/mol. The van der Waals surface area contributed by atoms with E-state index in [9.17, 15) is 10.2 Å². The quantitative estimate of drug-likeness (QED) is 0.0759. The zero-order valence-electron chi connectivity index (χ0n) is 23.8. The molecule has 0 aromatic carbocycles. The minimum Gasteiger partial charge on any atom is -0.391 e. The summed E-state index contributed by atoms with van der Waals surface area (Å²) >= 11 is 0. The van der Waals surface area contributed by atoms with Gasteiger partial charge in [0.1, 0.15) is 6.10 Å². The van der Waals surface area contributed by atoms with Gasteiger partial charge in [0.25, 0.3) is 0 Å². The molecule has 0 rings (SSSR count). The number of hydrogen-bond acceptors (Lipinski definition) is 10. The van der Waals surface area contributed by atoms with Crippen molar-refractivity contribution in [2.24, 2.45) is 5.92 Å². The lowest BCUT2D eigenvalue weighted by Crippen LogP contribution is -2.27. The smallest absolute Gasteiger partial charge is 0.159 e. The maximum Gasteiger partial charge on any atom is 0.159 e. The van der Waals surface area contributed by atoms with Crippen LogP contribution < -0.4 is 0 Å². The molecule has 0 radical (unpaired) electrons. The van der Waals surface area contributed by atoms with E-state index in [1.54, 1.807) is 12.2 Å². The molecule has 0 amide bonds. The standard InChI is InChI=1S/C28H54O10/c1-5-12-33-22-26(29)10-18-38-28(37-14-7-3)11-17-32-15-9-16-35-20-25(19-31-8-4)21-36-24-27(30)23-34-13-6-2/h5-6,25-30H,1-2,7-24H2,3-4H3. The van der Waals surface area contributed by atoms with Crippen molar-refractivity contribution in [2.75, 3.05) is 92.5 Å². The molecule has 0 spiro atoms. The van der Waals surface area contributed by atoms with E-state index in [-0.39, 0.29) is 32.0 Å². The van der Waals surface area contributed by atoms with Gasteiger partial charge in [-0.15, -0.1) is 13.2 Å². The molecular weight excluding hydrogens is 496 g/mol. The number of aliphatic hydroxyl groups excluding tert-OH is 2. The average Bonchev–Trinajstić information content (AvgIpc) is 2.91. The fourth-order valence-electron chi connectivity index (χ4n) is 3.10. The Morgan fingerprint density at radius 1 is 0.605 bits per heavy atom. The summed E-state index contributed by atoms with van der Waals surface area (Å²) < 4.78 is 44.7. The van der Waals surface area contributed by atoms with Crippen LogP contribution in [0.25, 0.3) is 0 Å². The van der Waals surface area contributed by atoms with E-state index in [2.05, 4.69) is 13.2 Å². The molecule has 4 unspecified atom stereocenters. The summed E-state index contributed by atoms with van der Waals surface area (Å²) in [5, 5.41) is 19.8. The summed E-state index contributed by atoms with van der Waals surface area (Å²) in [5.41, 5.74) is 0. The maximum atomic E-state index is 9.91. The average molecular weight is 551 g/mol. The van der Waals surface area contributed by atoms with E-state index in [0.29, 0.717) is 85.5 Å². The van der Waals surface area contributed by atoms with Crippen LogP contribution in [0.5, 0.6) is 0 Å². The lowest BCUT2D eigenvalue weighted by molar-refractivity contribution is -0.157. The van der Waals surface area contributed by atoms with Crippen LogP contribution in [0.2, 0.25) is 0 Å². The Balaban J connectivity index is 3.98. The first-order valence-electron chi connectivity index (χ1n) is 13.8. The Labute approximate surface area is 230 Å². The number of rotatable bonds is 31. The molecule has 0 aliphatic heterocycles. The molecule has 0 saturated carbocycles. The van der Waals surface area contributed by atoms with Crippen molar-refractivity contribution < 1.29 is 48.1 Å². The fourth-order valence-corrected chi connectivity index (χ4v) is 3.10. The third-order valence-electron chi connectivity index (χ3n) is 5.00. The van der Waals surface area contributed by atoms with Gasteiger partial charge < -0.3 is 48.1 Å².